The Hall–Kier alpha value is -2.66. The monoisotopic (exact) mass is 299 g/mol. The van der Waals surface area contributed by atoms with Gasteiger partial charge in [-0.2, -0.15) is 0 Å². The standard InChI is InChI=1S/C9H9N5O5S/c10-11-7-5-6(1-2-8(7)14(15)16)20(17,18)13-9-3-4-19-12-9/h1-5,11H,10H2,(H,12,13). The number of nitro benzene ring substituents is 1. The van der Waals surface area contributed by atoms with E-state index in [1.165, 1.54) is 12.3 Å². The molecule has 0 aliphatic carbocycles. The van der Waals surface area contributed by atoms with E-state index < -0.39 is 14.9 Å². The van der Waals surface area contributed by atoms with E-state index >= 15 is 0 Å². The average Bonchev–Trinajstić information content (AvgIpc) is 2.89. The van der Waals surface area contributed by atoms with E-state index in [-0.39, 0.29) is 22.1 Å². The van der Waals surface area contributed by atoms with Crippen molar-refractivity contribution in [2.24, 2.45) is 5.84 Å². The van der Waals surface area contributed by atoms with E-state index in [1.807, 2.05) is 0 Å². The number of nitrogens with one attached hydrogen (secondary N) is 2. The summed E-state index contributed by atoms with van der Waals surface area (Å²) in [7, 11) is -3.95. The number of sulfonamides is 1. The van der Waals surface area contributed by atoms with Crippen LogP contribution in [0.5, 0.6) is 0 Å². The van der Waals surface area contributed by atoms with E-state index in [0.717, 1.165) is 18.2 Å². The number of rotatable bonds is 5. The summed E-state index contributed by atoms with van der Waals surface area (Å²) in [5.74, 6) is 5.13. The highest BCUT2D eigenvalue weighted by molar-refractivity contribution is 7.92. The van der Waals surface area contributed by atoms with Crippen LogP contribution in [0.15, 0.2) is 39.9 Å². The van der Waals surface area contributed by atoms with Crippen molar-refractivity contribution >= 4 is 27.2 Å². The average molecular weight is 299 g/mol. The number of hydrogen-bond acceptors (Lipinski definition) is 8. The molecule has 0 fully saturated rings. The van der Waals surface area contributed by atoms with Crippen molar-refractivity contribution in [3.05, 3.63) is 40.6 Å². The second-order valence-corrected chi connectivity index (χ2v) is 5.25. The minimum absolute atomic E-state index is 0.00869. The largest absolute Gasteiger partial charge is 0.363 e. The highest BCUT2D eigenvalue weighted by Crippen LogP contribution is 2.27. The zero-order chi connectivity index (χ0) is 14.8. The normalized spacial score (nSPS) is 11.1. The zero-order valence-corrected chi connectivity index (χ0v) is 10.6. The van der Waals surface area contributed by atoms with Gasteiger partial charge in [0.05, 0.1) is 9.82 Å². The fourth-order valence-corrected chi connectivity index (χ4v) is 2.44. The molecule has 0 spiro atoms. The van der Waals surface area contributed by atoms with E-state index in [2.05, 4.69) is 19.8 Å². The molecule has 2 rings (SSSR count). The molecule has 0 radical (unpaired) electrons. The Morgan fingerprint density at radius 1 is 1.35 bits per heavy atom. The number of hydrazine groups is 1. The Kier molecular flexibility index (Phi) is 3.54. The second-order valence-electron chi connectivity index (χ2n) is 3.57. The number of nitrogens with two attached hydrogens (primary N) is 1. The molecule has 0 saturated heterocycles. The Balaban J connectivity index is 2.40. The van der Waals surface area contributed by atoms with Crippen LogP contribution in [0.1, 0.15) is 0 Å². The summed E-state index contributed by atoms with van der Waals surface area (Å²) in [6, 6.07) is 4.47. The van der Waals surface area contributed by atoms with Crippen LogP contribution in [-0.4, -0.2) is 18.5 Å². The molecule has 0 unspecified atom stereocenters. The van der Waals surface area contributed by atoms with E-state index in [4.69, 9.17) is 5.84 Å². The number of anilines is 2. The van der Waals surface area contributed by atoms with Gasteiger partial charge in [-0.3, -0.25) is 20.7 Å². The fourth-order valence-electron chi connectivity index (χ4n) is 1.42. The predicted molar refractivity (Wildman–Crippen MR) is 68.2 cm³/mol. The maximum absolute atomic E-state index is 12.0. The molecule has 1 aromatic carbocycles. The van der Waals surface area contributed by atoms with Crippen LogP contribution in [-0.2, 0) is 10.0 Å². The minimum atomic E-state index is -3.95. The van der Waals surface area contributed by atoms with Gasteiger partial charge in [0.25, 0.3) is 15.7 Å². The fraction of sp³-hybridized carbons (Fsp3) is 0. The molecule has 0 amide bonds. The van der Waals surface area contributed by atoms with Crippen LogP contribution < -0.4 is 16.0 Å². The van der Waals surface area contributed by atoms with Gasteiger partial charge in [0.15, 0.2) is 5.82 Å². The molecule has 0 aliphatic rings. The van der Waals surface area contributed by atoms with Crippen LogP contribution >= 0.6 is 0 Å². The van der Waals surface area contributed by atoms with E-state index in [9.17, 15) is 18.5 Å². The molecule has 11 heteroatoms. The van der Waals surface area contributed by atoms with Gasteiger partial charge in [-0.15, -0.1) is 0 Å². The van der Waals surface area contributed by atoms with Crippen LogP contribution in [0, 0.1) is 10.1 Å². The summed E-state index contributed by atoms with van der Waals surface area (Å²) in [6.45, 7) is 0. The lowest BCUT2D eigenvalue weighted by atomic mass is 10.3. The molecule has 20 heavy (non-hydrogen) atoms. The number of nitro groups is 1. The molecule has 1 heterocycles. The summed E-state index contributed by atoms with van der Waals surface area (Å²) in [5, 5.41) is 14.1. The third-order valence-electron chi connectivity index (χ3n) is 2.31. The number of aromatic nitrogens is 1. The molecule has 10 nitrogen and oxygen atoms in total. The second kappa shape index (κ2) is 5.14. The quantitative estimate of drug-likeness (QED) is 0.413. The molecule has 106 valence electrons. The lowest BCUT2D eigenvalue weighted by molar-refractivity contribution is -0.384. The summed E-state index contributed by atoms with van der Waals surface area (Å²) >= 11 is 0. The van der Waals surface area contributed by atoms with Crippen molar-refractivity contribution in [3.63, 3.8) is 0 Å². The van der Waals surface area contributed by atoms with Gasteiger partial charge < -0.3 is 9.95 Å². The summed E-state index contributed by atoms with van der Waals surface area (Å²) in [4.78, 5) is 9.83. The molecule has 1 aromatic heterocycles. The topological polar surface area (TPSA) is 153 Å². The van der Waals surface area contributed by atoms with Crippen LogP contribution in [0.3, 0.4) is 0 Å². The van der Waals surface area contributed by atoms with Crippen LogP contribution in [0.25, 0.3) is 0 Å². The van der Waals surface area contributed by atoms with Gasteiger partial charge in [0.1, 0.15) is 12.0 Å². The number of benzene rings is 1. The highest BCUT2D eigenvalue weighted by atomic mass is 32.2. The zero-order valence-electron chi connectivity index (χ0n) is 9.81. The molecule has 4 N–H and O–H groups in total. The van der Waals surface area contributed by atoms with Crippen LogP contribution in [0.2, 0.25) is 0 Å². The van der Waals surface area contributed by atoms with Gasteiger partial charge in [0.2, 0.25) is 0 Å². The molecular weight excluding hydrogens is 290 g/mol. The Labute approximate surface area is 112 Å². The Bertz CT molecular complexity index is 727. The molecular formula is C9H9N5O5S. The molecule has 0 bridgehead atoms. The first kappa shape index (κ1) is 13.8. The Morgan fingerprint density at radius 3 is 2.65 bits per heavy atom. The maximum atomic E-state index is 12.0. The van der Waals surface area contributed by atoms with Crippen molar-refractivity contribution in [2.45, 2.75) is 4.90 Å². The molecule has 0 atom stereocenters. The van der Waals surface area contributed by atoms with Crippen molar-refractivity contribution in [1.29, 1.82) is 0 Å². The van der Waals surface area contributed by atoms with Gasteiger partial charge in [-0.1, -0.05) is 5.16 Å². The first-order valence-electron chi connectivity index (χ1n) is 5.12. The van der Waals surface area contributed by atoms with Crippen molar-refractivity contribution in [2.75, 3.05) is 10.1 Å². The van der Waals surface area contributed by atoms with Gasteiger partial charge in [-0.05, 0) is 12.1 Å². The smallest absolute Gasteiger partial charge is 0.293 e. The van der Waals surface area contributed by atoms with Gasteiger partial charge >= 0.3 is 0 Å². The van der Waals surface area contributed by atoms with Gasteiger partial charge in [-0.25, -0.2) is 8.42 Å². The van der Waals surface area contributed by atoms with E-state index in [0.29, 0.717) is 0 Å². The third-order valence-corrected chi connectivity index (χ3v) is 3.66. The number of nitrogen functional groups attached to an aromatic ring is 1. The predicted octanol–water partition coefficient (Wildman–Crippen LogP) is 0.669. The highest BCUT2D eigenvalue weighted by Gasteiger charge is 2.20. The van der Waals surface area contributed by atoms with Crippen LogP contribution in [0.4, 0.5) is 17.2 Å². The summed E-state index contributed by atoms with van der Waals surface area (Å²) in [6.07, 6.45) is 1.19. The summed E-state index contributed by atoms with van der Waals surface area (Å²) in [5.41, 5.74) is 1.61. The number of nitrogens with zero attached hydrogens (tertiary/aromatic N) is 2. The Morgan fingerprint density at radius 2 is 2.10 bits per heavy atom. The molecule has 2 aromatic rings. The number of hydrogen-bond donors (Lipinski definition) is 3. The minimum Gasteiger partial charge on any atom is -0.363 e. The third kappa shape index (κ3) is 2.67. The molecule has 0 saturated carbocycles. The first-order chi connectivity index (χ1) is 9.44. The molecule has 0 aliphatic heterocycles. The summed E-state index contributed by atoms with van der Waals surface area (Å²) < 4.78 is 30.7. The van der Waals surface area contributed by atoms with Crippen molar-refractivity contribution in [3.8, 4) is 0 Å². The SMILES string of the molecule is NNc1cc(S(=O)(=O)Nc2ccon2)ccc1[N+](=O)[O-]. The first-order valence-corrected chi connectivity index (χ1v) is 6.60. The van der Waals surface area contributed by atoms with E-state index in [1.54, 1.807) is 0 Å². The lowest BCUT2D eigenvalue weighted by Crippen LogP contribution is -2.15. The lowest BCUT2D eigenvalue weighted by Gasteiger charge is -2.07. The van der Waals surface area contributed by atoms with Gasteiger partial charge in [0, 0.05) is 12.1 Å². The van der Waals surface area contributed by atoms with Crippen molar-refractivity contribution in [1.82, 2.24) is 5.16 Å². The van der Waals surface area contributed by atoms with Crippen molar-refractivity contribution < 1.29 is 17.9 Å². The maximum Gasteiger partial charge on any atom is 0.293 e.